The van der Waals surface area contributed by atoms with Crippen molar-refractivity contribution in [2.45, 2.75) is 33.6 Å². The second kappa shape index (κ2) is 6.91. The first kappa shape index (κ1) is 14.4. The molecule has 1 amide bonds. The van der Waals surface area contributed by atoms with Gasteiger partial charge in [0.25, 0.3) is 0 Å². The quantitative estimate of drug-likeness (QED) is 0.622. The first-order valence-corrected chi connectivity index (χ1v) is 6.05. The van der Waals surface area contributed by atoms with E-state index in [0.29, 0.717) is 12.2 Å². The summed E-state index contributed by atoms with van der Waals surface area (Å²) in [5.74, 6) is -0.293. The number of rotatable bonds is 6. The van der Waals surface area contributed by atoms with Crippen LogP contribution >= 0.6 is 0 Å². The first-order chi connectivity index (χ1) is 8.54. The highest BCUT2D eigenvalue weighted by Crippen LogP contribution is 2.12. The number of Topliss-reactive ketones (excluding diaryl/α,β-unsaturated/α-hetero) is 1. The lowest BCUT2D eigenvalue weighted by Gasteiger charge is -2.05. The van der Waals surface area contributed by atoms with Crippen LogP contribution in [0.5, 0.6) is 0 Å². The average molecular weight is 249 g/mol. The number of nitrogens with one attached hydrogen (secondary N) is 1. The molecule has 0 aliphatic carbocycles. The zero-order valence-electron chi connectivity index (χ0n) is 11.1. The summed E-state index contributed by atoms with van der Waals surface area (Å²) in [6.07, 6.45) is 0.340. The molecule has 0 aliphatic heterocycles. The van der Waals surface area contributed by atoms with Gasteiger partial charge in [-0.25, -0.2) is 5.48 Å². The van der Waals surface area contributed by atoms with Crippen molar-refractivity contribution in [3.63, 3.8) is 0 Å². The van der Waals surface area contributed by atoms with Gasteiger partial charge in [0.1, 0.15) is 0 Å². The molecule has 0 saturated carbocycles. The Bertz CT molecular complexity index is 441. The molecule has 0 aromatic heterocycles. The molecule has 1 N–H and O–H groups in total. The van der Waals surface area contributed by atoms with E-state index in [1.165, 1.54) is 0 Å². The topological polar surface area (TPSA) is 55.4 Å². The minimum absolute atomic E-state index is 0.0234. The van der Waals surface area contributed by atoms with Crippen LogP contribution in [-0.4, -0.2) is 18.3 Å². The van der Waals surface area contributed by atoms with E-state index in [0.717, 1.165) is 11.1 Å². The molecule has 0 saturated heterocycles. The number of amides is 1. The van der Waals surface area contributed by atoms with Crippen LogP contribution in [0, 0.1) is 13.8 Å². The number of hydrogen-bond acceptors (Lipinski definition) is 3. The maximum absolute atomic E-state index is 11.9. The second-order valence-electron chi connectivity index (χ2n) is 4.18. The van der Waals surface area contributed by atoms with Gasteiger partial charge in [0, 0.05) is 18.4 Å². The predicted octanol–water partition coefficient (Wildman–Crippen LogP) is 2.33. The van der Waals surface area contributed by atoms with Gasteiger partial charge in [-0.1, -0.05) is 12.1 Å². The first-order valence-electron chi connectivity index (χ1n) is 6.05. The third-order valence-corrected chi connectivity index (χ3v) is 2.74. The molecule has 0 atom stereocenters. The van der Waals surface area contributed by atoms with Crippen LogP contribution in [0.25, 0.3) is 0 Å². The lowest BCUT2D eigenvalue weighted by molar-refractivity contribution is -0.133. The van der Waals surface area contributed by atoms with Gasteiger partial charge in [0.05, 0.1) is 6.61 Å². The van der Waals surface area contributed by atoms with Crippen LogP contribution in [-0.2, 0) is 9.63 Å². The molecular formula is C14H19NO3. The van der Waals surface area contributed by atoms with Crippen molar-refractivity contribution < 1.29 is 14.4 Å². The third-order valence-electron chi connectivity index (χ3n) is 2.74. The monoisotopic (exact) mass is 249 g/mol. The lowest BCUT2D eigenvalue weighted by atomic mass is 10.0. The summed E-state index contributed by atoms with van der Waals surface area (Å²) in [6, 6.07) is 5.58. The molecule has 0 heterocycles. The zero-order chi connectivity index (χ0) is 13.5. The van der Waals surface area contributed by atoms with Gasteiger partial charge in [-0.2, -0.15) is 0 Å². The molecule has 4 heteroatoms. The number of aryl methyl sites for hydroxylation is 2. The molecule has 0 radical (unpaired) electrons. The highest BCUT2D eigenvalue weighted by molar-refractivity contribution is 5.98. The highest BCUT2D eigenvalue weighted by atomic mass is 16.6. The Kier molecular flexibility index (Phi) is 5.52. The van der Waals surface area contributed by atoms with Gasteiger partial charge in [-0.3, -0.25) is 14.4 Å². The van der Waals surface area contributed by atoms with E-state index in [4.69, 9.17) is 4.84 Å². The third kappa shape index (κ3) is 4.30. The Labute approximate surface area is 107 Å². The number of hydroxylamine groups is 1. The molecule has 0 aliphatic rings. The molecule has 4 nitrogen and oxygen atoms in total. The van der Waals surface area contributed by atoms with Crippen LogP contribution in [0.1, 0.15) is 41.3 Å². The van der Waals surface area contributed by atoms with Crippen molar-refractivity contribution in [3.05, 3.63) is 34.9 Å². The van der Waals surface area contributed by atoms with E-state index < -0.39 is 0 Å². The Hall–Kier alpha value is -1.68. The van der Waals surface area contributed by atoms with E-state index in [1.807, 2.05) is 26.0 Å². The van der Waals surface area contributed by atoms with Crippen molar-refractivity contribution in [1.29, 1.82) is 0 Å². The van der Waals surface area contributed by atoms with Crippen LogP contribution in [0.3, 0.4) is 0 Å². The summed E-state index contributed by atoms with van der Waals surface area (Å²) in [5, 5.41) is 0. The van der Waals surface area contributed by atoms with E-state index in [-0.39, 0.29) is 24.5 Å². The van der Waals surface area contributed by atoms with Gasteiger partial charge in [0.2, 0.25) is 5.91 Å². The van der Waals surface area contributed by atoms with Crippen molar-refractivity contribution in [2.75, 3.05) is 6.61 Å². The summed E-state index contributed by atoms with van der Waals surface area (Å²) in [6.45, 7) is 6.16. The number of benzene rings is 1. The Morgan fingerprint density at radius 1 is 1.17 bits per heavy atom. The van der Waals surface area contributed by atoms with Gasteiger partial charge >= 0.3 is 0 Å². The number of carbonyl (C=O) groups is 2. The lowest BCUT2D eigenvalue weighted by Crippen LogP contribution is -2.24. The SMILES string of the molecule is CCONC(=O)CCC(=O)c1ccc(C)c(C)c1. The molecule has 18 heavy (non-hydrogen) atoms. The molecule has 0 fully saturated rings. The Balaban J connectivity index is 2.50. The van der Waals surface area contributed by atoms with Crippen molar-refractivity contribution in [2.24, 2.45) is 0 Å². The van der Waals surface area contributed by atoms with Crippen LogP contribution in [0.4, 0.5) is 0 Å². The van der Waals surface area contributed by atoms with Crippen molar-refractivity contribution in [3.8, 4) is 0 Å². The number of hydrogen-bond donors (Lipinski definition) is 1. The van der Waals surface area contributed by atoms with E-state index in [9.17, 15) is 9.59 Å². The Morgan fingerprint density at radius 2 is 1.89 bits per heavy atom. The summed E-state index contributed by atoms with van der Waals surface area (Å²) >= 11 is 0. The maximum atomic E-state index is 11.9. The minimum Gasteiger partial charge on any atom is -0.294 e. The second-order valence-corrected chi connectivity index (χ2v) is 4.18. The van der Waals surface area contributed by atoms with Crippen LogP contribution in [0.15, 0.2) is 18.2 Å². The van der Waals surface area contributed by atoms with Crippen molar-refractivity contribution in [1.82, 2.24) is 5.48 Å². The number of ketones is 1. The molecule has 1 aromatic carbocycles. The van der Waals surface area contributed by atoms with Gasteiger partial charge in [-0.15, -0.1) is 0 Å². The molecule has 1 aromatic rings. The maximum Gasteiger partial charge on any atom is 0.243 e. The zero-order valence-corrected chi connectivity index (χ0v) is 11.1. The average Bonchev–Trinajstić information content (AvgIpc) is 2.36. The molecule has 0 spiro atoms. The summed E-state index contributed by atoms with van der Waals surface area (Å²) in [5.41, 5.74) is 5.16. The largest absolute Gasteiger partial charge is 0.294 e. The van der Waals surface area contributed by atoms with Gasteiger partial charge in [-0.05, 0) is 38.0 Å². The van der Waals surface area contributed by atoms with E-state index in [1.54, 1.807) is 13.0 Å². The van der Waals surface area contributed by atoms with Gasteiger partial charge < -0.3 is 0 Å². The minimum atomic E-state index is -0.269. The molecule has 98 valence electrons. The standard InChI is InChI=1S/C14H19NO3/c1-4-18-15-14(17)8-7-13(16)12-6-5-10(2)11(3)9-12/h5-6,9H,4,7-8H2,1-3H3,(H,15,17). The molecular weight excluding hydrogens is 230 g/mol. The molecule has 0 unspecified atom stereocenters. The molecule has 1 rings (SSSR count). The fourth-order valence-electron chi connectivity index (χ4n) is 1.49. The molecule has 0 bridgehead atoms. The fraction of sp³-hybridized carbons (Fsp3) is 0.429. The predicted molar refractivity (Wildman–Crippen MR) is 69.2 cm³/mol. The summed E-state index contributed by atoms with van der Waals surface area (Å²) in [7, 11) is 0. The van der Waals surface area contributed by atoms with Crippen LogP contribution in [0.2, 0.25) is 0 Å². The fourth-order valence-corrected chi connectivity index (χ4v) is 1.49. The van der Waals surface area contributed by atoms with Crippen molar-refractivity contribution >= 4 is 11.7 Å². The van der Waals surface area contributed by atoms with Gasteiger partial charge in [0.15, 0.2) is 5.78 Å². The van der Waals surface area contributed by atoms with Crippen LogP contribution < -0.4 is 5.48 Å². The van der Waals surface area contributed by atoms with E-state index in [2.05, 4.69) is 5.48 Å². The summed E-state index contributed by atoms with van der Waals surface area (Å²) < 4.78 is 0. The summed E-state index contributed by atoms with van der Waals surface area (Å²) in [4.78, 5) is 27.9. The normalized spacial score (nSPS) is 10.2. The smallest absolute Gasteiger partial charge is 0.243 e. The van der Waals surface area contributed by atoms with E-state index >= 15 is 0 Å². The Morgan fingerprint density at radius 3 is 2.50 bits per heavy atom. The highest BCUT2D eigenvalue weighted by Gasteiger charge is 2.09. The number of carbonyl (C=O) groups excluding carboxylic acids is 2.